The van der Waals surface area contributed by atoms with Gasteiger partial charge in [0.2, 0.25) is 29.5 Å². The van der Waals surface area contributed by atoms with E-state index in [2.05, 4.69) is 21.3 Å². The quantitative estimate of drug-likeness (QED) is 0.102. The van der Waals surface area contributed by atoms with Crippen molar-refractivity contribution in [1.82, 2.24) is 21.3 Å². The van der Waals surface area contributed by atoms with Gasteiger partial charge in [-0.25, -0.2) is 0 Å². The molecule has 11 N–H and O–H groups in total. The van der Waals surface area contributed by atoms with Gasteiger partial charge in [-0.3, -0.25) is 28.8 Å². The second-order valence-electron chi connectivity index (χ2n) is 8.00. The first-order chi connectivity index (χ1) is 15.8. The molecule has 34 heavy (non-hydrogen) atoms. The SMILES string of the molecule is CC(N)C(=O)NC(CCC(N)=O)C(=O)NC(CCCCN)C(=O)NC(C)C(=O)NC(C)C(=O)O. The molecule has 0 rings (SSSR count). The van der Waals surface area contributed by atoms with Gasteiger partial charge < -0.3 is 43.6 Å². The number of carboxylic acid groups (broad SMARTS) is 1. The van der Waals surface area contributed by atoms with Gasteiger partial charge >= 0.3 is 5.97 Å². The van der Waals surface area contributed by atoms with Crippen LogP contribution in [0.1, 0.15) is 52.9 Å². The molecule has 5 atom stereocenters. The maximum absolute atomic E-state index is 12.8. The fraction of sp³-hybridized carbons (Fsp3) is 0.700. The number of carbonyl (C=O) groups is 6. The molecule has 0 radical (unpaired) electrons. The Morgan fingerprint density at radius 3 is 1.74 bits per heavy atom. The van der Waals surface area contributed by atoms with E-state index < -0.39 is 65.7 Å². The molecule has 0 aromatic carbocycles. The van der Waals surface area contributed by atoms with Crippen molar-refractivity contribution in [2.45, 2.75) is 83.1 Å². The van der Waals surface area contributed by atoms with Crippen molar-refractivity contribution in [2.75, 3.05) is 6.54 Å². The maximum atomic E-state index is 12.8. The Morgan fingerprint density at radius 1 is 0.735 bits per heavy atom. The fourth-order valence-corrected chi connectivity index (χ4v) is 2.67. The Morgan fingerprint density at radius 2 is 1.24 bits per heavy atom. The van der Waals surface area contributed by atoms with Crippen LogP contribution in [0.25, 0.3) is 0 Å². The molecule has 0 saturated carbocycles. The number of amides is 5. The topological polar surface area (TPSA) is 249 Å². The summed E-state index contributed by atoms with van der Waals surface area (Å²) < 4.78 is 0. The van der Waals surface area contributed by atoms with Crippen LogP contribution in [0, 0.1) is 0 Å². The third-order valence-electron chi connectivity index (χ3n) is 4.79. The zero-order chi connectivity index (χ0) is 26.4. The Bertz CT molecular complexity index is 745. The summed E-state index contributed by atoms with van der Waals surface area (Å²) in [4.78, 5) is 71.8. The van der Waals surface area contributed by atoms with Crippen molar-refractivity contribution in [3.8, 4) is 0 Å². The molecule has 0 heterocycles. The van der Waals surface area contributed by atoms with Crippen LogP contribution in [0.4, 0.5) is 0 Å². The lowest BCUT2D eigenvalue weighted by atomic mass is 10.1. The van der Waals surface area contributed by atoms with E-state index in [1.165, 1.54) is 20.8 Å². The minimum Gasteiger partial charge on any atom is -0.480 e. The third kappa shape index (κ3) is 12.1. The van der Waals surface area contributed by atoms with Crippen molar-refractivity contribution < 1.29 is 33.9 Å². The van der Waals surface area contributed by atoms with E-state index in [1.807, 2.05) is 0 Å². The molecular weight excluding hydrogens is 450 g/mol. The molecular formula is C20H37N7O7. The van der Waals surface area contributed by atoms with Crippen LogP contribution in [0.15, 0.2) is 0 Å². The van der Waals surface area contributed by atoms with Crippen LogP contribution in [-0.2, 0) is 28.8 Å². The van der Waals surface area contributed by atoms with Gasteiger partial charge in [-0.05, 0) is 53.0 Å². The molecule has 0 bridgehead atoms. The summed E-state index contributed by atoms with van der Waals surface area (Å²) in [6, 6.07) is -5.43. The minimum atomic E-state index is -1.24. The van der Waals surface area contributed by atoms with Gasteiger partial charge in [0.15, 0.2) is 0 Å². The average Bonchev–Trinajstić information content (AvgIpc) is 2.74. The van der Waals surface area contributed by atoms with Crippen molar-refractivity contribution in [1.29, 1.82) is 0 Å². The summed E-state index contributed by atoms with van der Waals surface area (Å²) in [5, 5.41) is 18.5. The standard InChI is InChI=1S/C20H37N7O7/c1-10(22)16(29)26-14(7-8-15(23)28)19(32)27-13(6-4-5-9-21)18(31)24-11(2)17(30)25-12(3)20(33)34/h10-14H,4-9,21-22H2,1-3H3,(H2,23,28)(H,24,31)(H,25,30)(H,26,29)(H,27,32)(H,33,34). The summed E-state index contributed by atoms with van der Waals surface area (Å²) in [6.45, 7) is 4.41. The van der Waals surface area contributed by atoms with E-state index in [0.29, 0.717) is 19.4 Å². The van der Waals surface area contributed by atoms with Crippen molar-refractivity contribution in [3.05, 3.63) is 0 Å². The minimum absolute atomic E-state index is 0.108. The highest BCUT2D eigenvalue weighted by Gasteiger charge is 2.29. The zero-order valence-corrected chi connectivity index (χ0v) is 19.8. The number of unbranched alkanes of at least 4 members (excludes halogenated alkanes) is 1. The number of carboxylic acids is 1. The molecule has 5 unspecified atom stereocenters. The summed E-state index contributed by atoms with van der Waals surface area (Å²) in [7, 11) is 0. The lowest BCUT2D eigenvalue weighted by molar-refractivity contribution is -0.141. The summed E-state index contributed by atoms with van der Waals surface area (Å²) in [6.07, 6.45) is 0.920. The van der Waals surface area contributed by atoms with E-state index in [9.17, 15) is 28.8 Å². The molecule has 0 aliphatic heterocycles. The Labute approximate surface area is 198 Å². The first-order valence-electron chi connectivity index (χ1n) is 11.0. The monoisotopic (exact) mass is 487 g/mol. The molecule has 0 aliphatic rings. The van der Waals surface area contributed by atoms with E-state index in [4.69, 9.17) is 22.3 Å². The highest BCUT2D eigenvalue weighted by molar-refractivity contribution is 5.95. The highest BCUT2D eigenvalue weighted by Crippen LogP contribution is 2.05. The van der Waals surface area contributed by atoms with Crippen LogP contribution in [-0.4, -0.2) is 77.4 Å². The van der Waals surface area contributed by atoms with Gasteiger partial charge in [0.1, 0.15) is 24.2 Å². The first kappa shape index (κ1) is 30.7. The van der Waals surface area contributed by atoms with E-state index in [-0.39, 0.29) is 19.3 Å². The number of aliphatic carboxylic acids is 1. The molecule has 0 saturated heterocycles. The maximum Gasteiger partial charge on any atom is 0.325 e. The van der Waals surface area contributed by atoms with Crippen molar-refractivity contribution in [3.63, 3.8) is 0 Å². The second-order valence-corrected chi connectivity index (χ2v) is 8.00. The van der Waals surface area contributed by atoms with E-state index in [1.54, 1.807) is 0 Å². The van der Waals surface area contributed by atoms with Crippen LogP contribution in [0.2, 0.25) is 0 Å². The van der Waals surface area contributed by atoms with Crippen LogP contribution >= 0.6 is 0 Å². The molecule has 0 fully saturated rings. The fourth-order valence-electron chi connectivity index (χ4n) is 2.67. The predicted molar refractivity (Wildman–Crippen MR) is 122 cm³/mol. The van der Waals surface area contributed by atoms with Crippen molar-refractivity contribution in [2.24, 2.45) is 17.2 Å². The number of nitrogens with two attached hydrogens (primary N) is 3. The highest BCUT2D eigenvalue weighted by atomic mass is 16.4. The lowest BCUT2D eigenvalue weighted by Crippen LogP contribution is -2.57. The molecule has 0 aromatic heterocycles. The molecule has 0 aromatic rings. The summed E-state index contributed by atoms with van der Waals surface area (Å²) in [5.74, 6) is -4.71. The number of hydrogen-bond donors (Lipinski definition) is 8. The lowest BCUT2D eigenvalue weighted by Gasteiger charge is -2.25. The largest absolute Gasteiger partial charge is 0.480 e. The zero-order valence-electron chi connectivity index (χ0n) is 19.8. The van der Waals surface area contributed by atoms with Gasteiger partial charge in [0.25, 0.3) is 0 Å². The first-order valence-corrected chi connectivity index (χ1v) is 11.0. The van der Waals surface area contributed by atoms with Crippen LogP contribution in [0.5, 0.6) is 0 Å². The normalized spacial score (nSPS) is 15.1. The van der Waals surface area contributed by atoms with Gasteiger partial charge in [0, 0.05) is 6.42 Å². The molecule has 14 nitrogen and oxygen atoms in total. The van der Waals surface area contributed by atoms with Gasteiger partial charge in [-0.15, -0.1) is 0 Å². The summed E-state index contributed by atoms with van der Waals surface area (Å²) >= 11 is 0. The molecule has 0 spiro atoms. The van der Waals surface area contributed by atoms with E-state index in [0.717, 1.165) is 0 Å². The third-order valence-corrected chi connectivity index (χ3v) is 4.79. The van der Waals surface area contributed by atoms with Gasteiger partial charge in [0.05, 0.1) is 6.04 Å². The molecule has 194 valence electrons. The Kier molecular flexibility index (Phi) is 14.1. The van der Waals surface area contributed by atoms with Crippen LogP contribution < -0.4 is 38.5 Å². The Hall–Kier alpha value is -3.26. The van der Waals surface area contributed by atoms with Crippen LogP contribution in [0.3, 0.4) is 0 Å². The number of carbonyl (C=O) groups excluding carboxylic acids is 5. The number of rotatable bonds is 16. The molecule has 0 aliphatic carbocycles. The van der Waals surface area contributed by atoms with Gasteiger partial charge in [-0.1, -0.05) is 0 Å². The Balaban J connectivity index is 5.40. The summed E-state index contributed by atoms with van der Waals surface area (Å²) in [5.41, 5.74) is 16.2. The molecule has 5 amide bonds. The number of hydrogen-bond acceptors (Lipinski definition) is 8. The predicted octanol–water partition coefficient (Wildman–Crippen LogP) is -3.21. The molecule has 14 heteroatoms. The van der Waals surface area contributed by atoms with Crippen molar-refractivity contribution >= 4 is 35.5 Å². The number of primary amides is 1. The second kappa shape index (κ2) is 15.6. The number of nitrogens with one attached hydrogen (secondary N) is 4. The average molecular weight is 488 g/mol. The van der Waals surface area contributed by atoms with E-state index >= 15 is 0 Å². The van der Waals surface area contributed by atoms with Gasteiger partial charge in [-0.2, -0.15) is 0 Å². The smallest absolute Gasteiger partial charge is 0.325 e.